The molecule has 0 amide bonds. The maximum atomic E-state index is 13.4. The summed E-state index contributed by atoms with van der Waals surface area (Å²) in [6.07, 6.45) is 0.649. The maximum absolute atomic E-state index is 13.4. The summed E-state index contributed by atoms with van der Waals surface area (Å²) < 4.78 is 15.5. The van der Waals surface area contributed by atoms with Crippen molar-refractivity contribution in [3.8, 4) is 11.5 Å². The van der Waals surface area contributed by atoms with Gasteiger partial charge < -0.3 is 14.0 Å². The third-order valence-electron chi connectivity index (χ3n) is 4.62. The number of carbonyl (C=O) groups is 2. The van der Waals surface area contributed by atoms with Gasteiger partial charge in [-0.2, -0.15) is 0 Å². The molecule has 6 heteroatoms. The average molecular weight is 388 g/mol. The molecule has 0 radical (unpaired) electrons. The van der Waals surface area contributed by atoms with Crippen LogP contribution >= 0.6 is 9.47 Å². The van der Waals surface area contributed by atoms with Crippen molar-refractivity contribution in [2.45, 2.75) is 19.8 Å². The van der Waals surface area contributed by atoms with Crippen LogP contribution in [-0.2, 0) is 15.7 Å². The summed E-state index contributed by atoms with van der Waals surface area (Å²) in [6, 6.07) is 15.1. The highest BCUT2D eigenvalue weighted by molar-refractivity contribution is 7.10. The highest BCUT2D eigenvalue weighted by Gasteiger charge is 2.32. The number of benzene rings is 2. The maximum Gasteiger partial charge on any atom is 0.308 e. The molecular formula is C21H25O5P. The number of ketones is 1. The van der Waals surface area contributed by atoms with Crippen molar-refractivity contribution < 1.29 is 23.6 Å². The molecule has 5 nitrogen and oxygen atoms in total. The fourth-order valence-corrected chi connectivity index (χ4v) is 3.28. The van der Waals surface area contributed by atoms with E-state index in [-0.39, 0.29) is 18.1 Å². The van der Waals surface area contributed by atoms with Gasteiger partial charge in [-0.1, -0.05) is 43.3 Å². The summed E-state index contributed by atoms with van der Waals surface area (Å²) in [5.74, 6) is -0.441. The van der Waals surface area contributed by atoms with E-state index in [0.717, 1.165) is 5.56 Å². The van der Waals surface area contributed by atoms with Gasteiger partial charge in [0.1, 0.15) is 17.1 Å². The molecular weight excluding hydrogens is 363 g/mol. The molecule has 0 aromatic heterocycles. The molecule has 0 N–H and O–H groups in total. The monoisotopic (exact) mass is 388 g/mol. The van der Waals surface area contributed by atoms with E-state index in [1.807, 2.05) is 46.7 Å². The van der Waals surface area contributed by atoms with Crippen LogP contribution < -0.4 is 9.47 Å². The first-order valence-corrected chi connectivity index (χ1v) is 9.17. The predicted molar refractivity (Wildman–Crippen MR) is 107 cm³/mol. The molecule has 0 aliphatic rings. The molecule has 2 aromatic carbocycles. The van der Waals surface area contributed by atoms with Crippen molar-refractivity contribution in [3.05, 3.63) is 59.7 Å². The summed E-state index contributed by atoms with van der Waals surface area (Å²) in [4.78, 5) is 25.4. The predicted octanol–water partition coefficient (Wildman–Crippen LogP) is 4.10. The lowest BCUT2D eigenvalue weighted by Crippen LogP contribution is -2.27. The topological polar surface area (TPSA) is 61.8 Å². The Morgan fingerprint density at radius 1 is 0.963 bits per heavy atom. The molecule has 0 saturated heterocycles. The Hall–Kier alpha value is -2.39. The second kappa shape index (κ2) is 10.1. The minimum absolute atomic E-state index is 0.0163. The normalized spacial score (nSPS) is 12.7. The number of hydrogen-bond donors (Lipinski definition) is 0. The highest BCUT2D eigenvalue weighted by Crippen LogP contribution is 2.34. The summed E-state index contributed by atoms with van der Waals surface area (Å²) >= 11 is 0. The fourth-order valence-electron chi connectivity index (χ4n) is 3.19. The third-order valence-corrected chi connectivity index (χ3v) is 4.88. The number of hydrogen-bond acceptors (Lipinski definition) is 5. The molecule has 0 heterocycles. The van der Waals surface area contributed by atoms with Gasteiger partial charge in [0.05, 0.1) is 30.1 Å². The van der Waals surface area contributed by atoms with E-state index < -0.39 is 11.9 Å². The Morgan fingerprint density at radius 3 is 2.07 bits per heavy atom. The average Bonchev–Trinajstić information content (AvgIpc) is 2.71. The van der Waals surface area contributed by atoms with Crippen molar-refractivity contribution in [2.24, 2.45) is 11.8 Å². The molecule has 0 fully saturated rings. The van der Waals surface area contributed by atoms with Gasteiger partial charge in [0.15, 0.2) is 5.78 Å². The third kappa shape index (κ3) is 5.30. The first kappa shape index (κ1) is 20.9. The van der Waals surface area contributed by atoms with Crippen LogP contribution in [0.1, 0.15) is 29.3 Å². The number of Topliss-reactive ketones (excluding diaryl/α,β-unsaturated/α-hetero) is 1. The smallest absolute Gasteiger partial charge is 0.308 e. The van der Waals surface area contributed by atoms with E-state index in [0.29, 0.717) is 23.5 Å². The Balaban J connectivity index is 2.38. The lowest BCUT2D eigenvalue weighted by Gasteiger charge is -2.24. The van der Waals surface area contributed by atoms with Crippen LogP contribution in [0.5, 0.6) is 11.5 Å². The summed E-state index contributed by atoms with van der Waals surface area (Å²) in [6.45, 7) is 1.97. The van der Waals surface area contributed by atoms with E-state index in [1.54, 1.807) is 18.2 Å². The lowest BCUT2D eigenvalue weighted by atomic mass is 9.80. The van der Waals surface area contributed by atoms with Gasteiger partial charge in [-0.15, -0.1) is 0 Å². The van der Waals surface area contributed by atoms with Crippen molar-refractivity contribution >= 4 is 21.2 Å². The van der Waals surface area contributed by atoms with E-state index >= 15 is 0 Å². The number of rotatable bonds is 9. The van der Waals surface area contributed by atoms with Crippen molar-refractivity contribution in [3.63, 3.8) is 0 Å². The quantitative estimate of drug-likeness (QED) is 0.478. The largest absolute Gasteiger partial charge is 0.496 e. The van der Waals surface area contributed by atoms with Gasteiger partial charge in [-0.3, -0.25) is 9.59 Å². The van der Waals surface area contributed by atoms with Crippen LogP contribution in [0.4, 0.5) is 0 Å². The molecule has 0 bridgehead atoms. The summed E-state index contributed by atoms with van der Waals surface area (Å²) in [5.41, 5.74) is 1.46. The van der Waals surface area contributed by atoms with Gasteiger partial charge in [0, 0.05) is 5.92 Å². The molecule has 2 rings (SSSR count). The van der Waals surface area contributed by atoms with Crippen LogP contribution in [0, 0.1) is 11.8 Å². The van der Waals surface area contributed by atoms with Crippen LogP contribution in [0.2, 0.25) is 0 Å². The van der Waals surface area contributed by atoms with E-state index in [9.17, 15) is 9.59 Å². The van der Waals surface area contributed by atoms with Crippen molar-refractivity contribution in [1.29, 1.82) is 0 Å². The zero-order valence-corrected chi connectivity index (χ0v) is 17.0. The van der Waals surface area contributed by atoms with Gasteiger partial charge >= 0.3 is 5.97 Å². The first-order chi connectivity index (χ1) is 13.0. The Morgan fingerprint density at radius 2 is 1.56 bits per heavy atom. The Bertz CT molecular complexity index is 753. The number of methoxy groups -OCH3 is 2. The molecule has 3 atom stereocenters. The van der Waals surface area contributed by atoms with Crippen molar-refractivity contribution in [1.82, 2.24) is 0 Å². The molecule has 2 aromatic rings. The van der Waals surface area contributed by atoms with Gasteiger partial charge in [-0.05, 0) is 30.0 Å². The zero-order chi connectivity index (χ0) is 19.8. The Kier molecular flexibility index (Phi) is 7.81. The standard InChI is InChI=1S/C21H25O5P/c1-14(12-15-8-5-4-6-9-15)16(13-19(22)26-27)21(23)20-17(24-2)10-7-11-18(20)25-3/h4-11,14,16H,12-13,27H2,1-3H3. The molecule has 0 aliphatic carbocycles. The lowest BCUT2D eigenvalue weighted by molar-refractivity contribution is -0.134. The second-order valence-corrected chi connectivity index (χ2v) is 6.60. The van der Waals surface area contributed by atoms with Crippen molar-refractivity contribution in [2.75, 3.05) is 14.2 Å². The molecule has 0 spiro atoms. The minimum atomic E-state index is -0.566. The molecule has 27 heavy (non-hydrogen) atoms. The SMILES string of the molecule is COc1cccc(OC)c1C(=O)C(CC(=O)OP)C(C)Cc1ccccc1. The minimum Gasteiger partial charge on any atom is -0.496 e. The molecule has 0 aliphatic heterocycles. The van der Waals surface area contributed by atoms with Crippen LogP contribution in [0.15, 0.2) is 48.5 Å². The summed E-state index contributed by atoms with van der Waals surface area (Å²) in [7, 11) is 4.95. The van der Waals surface area contributed by atoms with E-state index in [2.05, 4.69) is 0 Å². The molecule has 144 valence electrons. The van der Waals surface area contributed by atoms with Gasteiger partial charge in [-0.25, -0.2) is 0 Å². The Labute approximate surface area is 162 Å². The zero-order valence-electron chi connectivity index (χ0n) is 15.8. The van der Waals surface area contributed by atoms with E-state index in [1.165, 1.54) is 14.2 Å². The van der Waals surface area contributed by atoms with E-state index in [4.69, 9.17) is 14.0 Å². The molecule has 3 unspecified atom stereocenters. The number of carbonyl (C=O) groups excluding carboxylic acids is 2. The number of ether oxygens (including phenoxy) is 2. The molecule has 0 saturated carbocycles. The van der Waals surface area contributed by atoms with Crippen LogP contribution in [-0.4, -0.2) is 26.0 Å². The van der Waals surface area contributed by atoms with Crippen LogP contribution in [0.25, 0.3) is 0 Å². The summed E-state index contributed by atoms with van der Waals surface area (Å²) in [5, 5.41) is 0. The van der Waals surface area contributed by atoms with Crippen LogP contribution in [0.3, 0.4) is 0 Å². The van der Waals surface area contributed by atoms with Gasteiger partial charge in [0.2, 0.25) is 0 Å². The first-order valence-electron chi connectivity index (χ1n) is 8.70. The second-order valence-electron chi connectivity index (χ2n) is 6.37. The fraction of sp³-hybridized carbons (Fsp3) is 0.333. The van der Waals surface area contributed by atoms with Gasteiger partial charge in [0.25, 0.3) is 0 Å². The highest BCUT2D eigenvalue weighted by atomic mass is 31.0.